The Bertz CT molecular complexity index is 1160. The summed E-state index contributed by atoms with van der Waals surface area (Å²) < 4.78 is 71.4. The lowest BCUT2D eigenvalue weighted by Crippen LogP contribution is -2.14. The Balaban J connectivity index is 1.77. The standard InChI is InChI=1S/C16H14FN3O5S2/c1-11-10-16(18-25-11)20-27(23,24)15-8-4-13(5-9-15)19-26(21,22)14-6-2-12(17)3-7-14/h2-10,19H,1H3,(H,18,20). The number of sulfonamides is 2. The number of hydrogen-bond acceptors (Lipinski definition) is 6. The summed E-state index contributed by atoms with van der Waals surface area (Å²) in [6.07, 6.45) is 0. The van der Waals surface area contributed by atoms with E-state index in [1.165, 1.54) is 30.3 Å². The van der Waals surface area contributed by atoms with E-state index in [0.717, 1.165) is 24.3 Å². The smallest absolute Gasteiger partial charge is 0.263 e. The maximum atomic E-state index is 12.9. The van der Waals surface area contributed by atoms with Crippen LogP contribution in [0, 0.1) is 12.7 Å². The van der Waals surface area contributed by atoms with Crippen LogP contribution in [0.2, 0.25) is 0 Å². The molecule has 1 heterocycles. The van der Waals surface area contributed by atoms with E-state index in [1.807, 2.05) is 0 Å². The van der Waals surface area contributed by atoms with Gasteiger partial charge in [0.15, 0.2) is 5.82 Å². The second kappa shape index (κ2) is 7.00. The van der Waals surface area contributed by atoms with Crippen LogP contribution in [-0.4, -0.2) is 22.0 Å². The van der Waals surface area contributed by atoms with Gasteiger partial charge in [0, 0.05) is 11.8 Å². The summed E-state index contributed by atoms with van der Waals surface area (Å²) >= 11 is 0. The third-order valence-electron chi connectivity index (χ3n) is 3.41. The predicted molar refractivity (Wildman–Crippen MR) is 95.7 cm³/mol. The van der Waals surface area contributed by atoms with Gasteiger partial charge in [0.2, 0.25) is 0 Å². The quantitative estimate of drug-likeness (QED) is 0.644. The fourth-order valence-electron chi connectivity index (χ4n) is 2.14. The highest BCUT2D eigenvalue weighted by molar-refractivity contribution is 7.93. The van der Waals surface area contributed by atoms with Gasteiger partial charge in [-0.25, -0.2) is 21.2 Å². The molecule has 0 saturated carbocycles. The SMILES string of the molecule is Cc1cc(NS(=O)(=O)c2ccc(NS(=O)(=O)c3ccc(F)cc3)cc2)no1. The van der Waals surface area contributed by atoms with Gasteiger partial charge in [0.25, 0.3) is 20.0 Å². The number of aryl methyl sites for hydroxylation is 1. The first-order valence-electron chi connectivity index (χ1n) is 7.50. The van der Waals surface area contributed by atoms with Gasteiger partial charge < -0.3 is 4.52 Å². The summed E-state index contributed by atoms with van der Waals surface area (Å²) in [5.41, 5.74) is 0.149. The molecule has 0 bridgehead atoms. The minimum Gasteiger partial charge on any atom is -0.360 e. The van der Waals surface area contributed by atoms with Crippen LogP contribution in [0.5, 0.6) is 0 Å². The number of aromatic nitrogens is 1. The van der Waals surface area contributed by atoms with Crippen LogP contribution < -0.4 is 9.44 Å². The Labute approximate surface area is 155 Å². The highest BCUT2D eigenvalue weighted by atomic mass is 32.2. The average Bonchev–Trinajstić information content (AvgIpc) is 2.99. The van der Waals surface area contributed by atoms with E-state index in [9.17, 15) is 21.2 Å². The zero-order valence-corrected chi connectivity index (χ0v) is 15.5. The van der Waals surface area contributed by atoms with Gasteiger partial charge >= 0.3 is 0 Å². The minimum atomic E-state index is -3.93. The highest BCUT2D eigenvalue weighted by Crippen LogP contribution is 2.20. The molecule has 8 nitrogen and oxygen atoms in total. The van der Waals surface area contributed by atoms with Crippen LogP contribution in [0.3, 0.4) is 0 Å². The van der Waals surface area contributed by atoms with Gasteiger partial charge in [-0.05, 0) is 55.5 Å². The van der Waals surface area contributed by atoms with E-state index < -0.39 is 25.9 Å². The van der Waals surface area contributed by atoms with Crippen LogP contribution in [0.4, 0.5) is 15.9 Å². The lowest BCUT2D eigenvalue weighted by Gasteiger charge is -2.09. The fourth-order valence-corrected chi connectivity index (χ4v) is 4.18. The molecule has 0 aliphatic rings. The molecule has 0 unspecified atom stereocenters. The van der Waals surface area contributed by atoms with Crippen LogP contribution in [0.25, 0.3) is 0 Å². The third-order valence-corrected chi connectivity index (χ3v) is 6.18. The van der Waals surface area contributed by atoms with Crippen molar-refractivity contribution in [2.24, 2.45) is 0 Å². The van der Waals surface area contributed by atoms with Gasteiger partial charge in [0.1, 0.15) is 11.6 Å². The second-order valence-corrected chi connectivity index (χ2v) is 8.88. The van der Waals surface area contributed by atoms with Gasteiger partial charge in [-0.1, -0.05) is 5.16 Å². The number of benzene rings is 2. The molecule has 0 amide bonds. The summed E-state index contributed by atoms with van der Waals surface area (Å²) in [5.74, 6) is -0.0786. The van der Waals surface area contributed by atoms with Crippen molar-refractivity contribution < 1.29 is 25.7 Å². The number of nitrogens with one attached hydrogen (secondary N) is 2. The molecule has 3 rings (SSSR count). The minimum absolute atomic E-state index is 0.0357. The maximum absolute atomic E-state index is 12.9. The Hall–Kier alpha value is -2.92. The molecule has 1 aromatic heterocycles. The van der Waals surface area contributed by atoms with Gasteiger partial charge in [-0.2, -0.15) is 0 Å². The fraction of sp³-hybridized carbons (Fsp3) is 0.0625. The van der Waals surface area contributed by atoms with Crippen LogP contribution >= 0.6 is 0 Å². The second-order valence-electron chi connectivity index (χ2n) is 5.51. The maximum Gasteiger partial charge on any atom is 0.263 e. The van der Waals surface area contributed by atoms with Crippen molar-refractivity contribution in [1.29, 1.82) is 0 Å². The van der Waals surface area contributed by atoms with Crippen molar-refractivity contribution in [2.45, 2.75) is 16.7 Å². The number of nitrogens with zero attached hydrogens (tertiary/aromatic N) is 1. The number of anilines is 2. The van der Waals surface area contributed by atoms with Gasteiger partial charge in [-0.15, -0.1) is 0 Å². The molecular formula is C16H14FN3O5S2. The number of hydrogen-bond donors (Lipinski definition) is 2. The molecule has 0 aliphatic carbocycles. The molecule has 142 valence electrons. The summed E-state index contributed by atoms with van der Waals surface area (Å²) in [7, 11) is -7.84. The molecule has 0 saturated heterocycles. The normalized spacial score (nSPS) is 11.9. The molecule has 2 aromatic carbocycles. The topological polar surface area (TPSA) is 118 Å². The van der Waals surface area contributed by atoms with Crippen molar-refractivity contribution in [2.75, 3.05) is 9.44 Å². The Morgan fingerprint density at radius 2 is 1.37 bits per heavy atom. The van der Waals surface area contributed by atoms with Crippen molar-refractivity contribution in [3.63, 3.8) is 0 Å². The zero-order chi connectivity index (χ0) is 19.7. The molecule has 0 spiro atoms. The van der Waals surface area contributed by atoms with Crippen molar-refractivity contribution >= 4 is 31.6 Å². The summed E-state index contributed by atoms with van der Waals surface area (Å²) in [6, 6.07) is 10.8. The first-order chi connectivity index (χ1) is 12.7. The van der Waals surface area contributed by atoms with Crippen molar-refractivity contribution in [3.05, 3.63) is 66.2 Å². The van der Waals surface area contributed by atoms with Gasteiger partial charge in [-0.3, -0.25) is 9.44 Å². The Morgan fingerprint density at radius 3 is 1.89 bits per heavy atom. The zero-order valence-electron chi connectivity index (χ0n) is 13.9. The molecular weight excluding hydrogens is 397 g/mol. The first-order valence-corrected chi connectivity index (χ1v) is 10.5. The molecule has 0 fully saturated rings. The predicted octanol–water partition coefficient (Wildman–Crippen LogP) is 2.72. The molecule has 11 heteroatoms. The average molecular weight is 411 g/mol. The van der Waals surface area contributed by atoms with Crippen LogP contribution in [-0.2, 0) is 20.0 Å². The Morgan fingerprint density at radius 1 is 0.852 bits per heavy atom. The summed E-state index contributed by atoms with van der Waals surface area (Å²) in [5, 5.41) is 3.55. The highest BCUT2D eigenvalue weighted by Gasteiger charge is 2.18. The van der Waals surface area contributed by atoms with E-state index in [1.54, 1.807) is 6.92 Å². The van der Waals surface area contributed by atoms with E-state index >= 15 is 0 Å². The first kappa shape index (κ1) is 18.9. The lowest BCUT2D eigenvalue weighted by molar-refractivity contribution is 0.400. The third kappa shape index (κ3) is 4.44. The molecule has 0 aliphatic heterocycles. The van der Waals surface area contributed by atoms with E-state index in [2.05, 4.69) is 14.6 Å². The van der Waals surface area contributed by atoms with E-state index in [4.69, 9.17) is 4.52 Å². The van der Waals surface area contributed by atoms with E-state index in [-0.39, 0.29) is 21.3 Å². The van der Waals surface area contributed by atoms with Gasteiger partial charge in [0.05, 0.1) is 9.79 Å². The molecule has 2 N–H and O–H groups in total. The van der Waals surface area contributed by atoms with Crippen LogP contribution in [0.15, 0.2) is 68.9 Å². The van der Waals surface area contributed by atoms with E-state index in [0.29, 0.717) is 5.76 Å². The molecule has 3 aromatic rings. The number of rotatable bonds is 6. The molecule has 0 atom stereocenters. The van der Waals surface area contributed by atoms with Crippen molar-refractivity contribution in [1.82, 2.24) is 5.16 Å². The Kier molecular flexibility index (Phi) is 4.89. The van der Waals surface area contributed by atoms with Crippen molar-refractivity contribution in [3.8, 4) is 0 Å². The van der Waals surface area contributed by atoms with Crippen LogP contribution in [0.1, 0.15) is 5.76 Å². The number of halogens is 1. The molecule has 0 radical (unpaired) electrons. The summed E-state index contributed by atoms with van der Waals surface area (Å²) in [4.78, 5) is -0.212. The summed E-state index contributed by atoms with van der Waals surface area (Å²) in [6.45, 7) is 1.62. The monoisotopic (exact) mass is 411 g/mol. The lowest BCUT2D eigenvalue weighted by atomic mass is 10.3. The largest absolute Gasteiger partial charge is 0.360 e. The molecule has 27 heavy (non-hydrogen) atoms.